The number of carbonyl (C=O) groups excluding carboxylic acids is 1. The fourth-order valence-corrected chi connectivity index (χ4v) is 2.26. The second-order valence-corrected chi connectivity index (χ2v) is 5.00. The maximum atomic E-state index is 11.9. The van der Waals surface area contributed by atoms with Gasteiger partial charge in [-0.25, -0.2) is 0 Å². The summed E-state index contributed by atoms with van der Waals surface area (Å²) in [7, 11) is 0. The number of H-pyrrole nitrogens is 1. The van der Waals surface area contributed by atoms with Crippen LogP contribution >= 0.6 is 0 Å². The molecule has 1 aromatic heterocycles. The van der Waals surface area contributed by atoms with Crippen molar-refractivity contribution in [3.05, 3.63) is 64.5 Å². The highest BCUT2D eigenvalue weighted by Gasteiger charge is 2.22. The lowest BCUT2D eigenvalue weighted by atomic mass is 10.1. The lowest BCUT2D eigenvalue weighted by Crippen LogP contribution is -2.28. The van der Waals surface area contributed by atoms with E-state index in [2.05, 4.69) is 15.5 Å². The number of fused-ring (bicyclic) bond motifs is 1. The summed E-state index contributed by atoms with van der Waals surface area (Å²) in [5, 5.41) is 21.3. The van der Waals surface area contributed by atoms with E-state index in [0.717, 1.165) is 17.0 Å². The van der Waals surface area contributed by atoms with Gasteiger partial charge in [-0.15, -0.1) is 0 Å². The van der Waals surface area contributed by atoms with E-state index in [4.69, 9.17) is 4.74 Å². The largest absolute Gasteiger partial charge is 0.492 e. The monoisotopic (exact) mass is 326 g/mol. The Hall–Kier alpha value is -3.42. The van der Waals surface area contributed by atoms with Crippen LogP contribution in [0.5, 0.6) is 5.75 Å². The molecule has 122 valence electrons. The molecule has 0 aliphatic carbocycles. The van der Waals surface area contributed by atoms with E-state index in [1.54, 1.807) is 0 Å². The van der Waals surface area contributed by atoms with E-state index in [9.17, 15) is 14.9 Å². The van der Waals surface area contributed by atoms with Crippen LogP contribution in [0.15, 0.2) is 48.7 Å². The number of nitrogens with zero attached hydrogens (tertiary/aromatic N) is 2. The van der Waals surface area contributed by atoms with Gasteiger partial charge in [-0.05, 0) is 22.9 Å². The molecule has 0 saturated carbocycles. The molecule has 1 amide bonds. The smallest absolute Gasteiger partial charge is 0.319 e. The first kappa shape index (κ1) is 15.5. The Kier molecular flexibility index (Phi) is 4.37. The van der Waals surface area contributed by atoms with Crippen molar-refractivity contribution in [3.63, 3.8) is 0 Å². The number of aromatic amines is 1. The third kappa shape index (κ3) is 3.32. The van der Waals surface area contributed by atoms with Crippen molar-refractivity contribution in [3.8, 4) is 5.75 Å². The predicted molar refractivity (Wildman–Crippen MR) is 87.0 cm³/mol. The van der Waals surface area contributed by atoms with Gasteiger partial charge in [0.1, 0.15) is 18.6 Å². The molecule has 0 saturated heterocycles. The van der Waals surface area contributed by atoms with Crippen LogP contribution in [0.2, 0.25) is 0 Å². The molecule has 0 atom stereocenters. The average molecular weight is 326 g/mol. The molecule has 2 aromatic carbocycles. The van der Waals surface area contributed by atoms with Gasteiger partial charge in [0.15, 0.2) is 0 Å². The van der Waals surface area contributed by atoms with Crippen molar-refractivity contribution in [2.75, 3.05) is 13.2 Å². The standard InChI is InChI=1S/C16H14N4O4/c21-16(15-14(20(22)23)10-18-19-15)17-7-8-24-13-6-5-11-3-1-2-4-12(11)9-13/h1-6,9-10H,7-8H2,(H,17,21)(H,18,19). The Morgan fingerprint density at radius 1 is 1.25 bits per heavy atom. The van der Waals surface area contributed by atoms with Crippen LogP contribution in [-0.4, -0.2) is 34.2 Å². The molecular formula is C16H14N4O4. The lowest BCUT2D eigenvalue weighted by Gasteiger charge is -2.08. The molecule has 0 spiro atoms. The molecule has 0 bridgehead atoms. The number of hydrogen-bond acceptors (Lipinski definition) is 5. The van der Waals surface area contributed by atoms with Crippen LogP contribution in [-0.2, 0) is 0 Å². The Morgan fingerprint density at radius 2 is 2.04 bits per heavy atom. The van der Waals surface area contributed by atoms with Crippen molar-refractivity contribution in [2.24, 2.45) is 0 Å². The first-order valence-electron chi connectivity index (χ1n) is 7.23. The predicted octanol–water partition coefficient (Wildman–Crippen LogP) is 2.28. The lowest BCUT2D eigenvalue weighted by molar-refractivity contribution is -0.385. The number of nitro groups is 1. The van der Waals surface area contributed by atoms with Crippen molar-refractivity contribution in [1.29, 1.82) is 0 Å². The van der Waals surface area contributed by atoms with Gasteiger partial charge in [-0.1, -0.05) is 30.3 Å². The summed E-state index contributed by atoms with van der Waals surface area (Å²) in [6.45, 7) is 0.452. The highest BCUT2D eigenvalue weighted by atomic mass is 16.6. The highest BCUT2D eigenvalue weighted by molar-refractivity contribution is 5.95. The molecule has 3 aromatic rings. The number of hydrogen-bond donors (Lipinski definition) is 2. The summed E-state index contributed by atoms with van der Waals surface area (Å²) in [6.07, 6.45) is 1.00. The Bertz CT molecular complexity index is 890. The maximum Gasteiger partial charge on any atom is 0.319 e. The zero-order valence-corrected chi connectivity index (χ0v) is 12.6. The third-order valence-electron chi connectivity index (χ3n) is 3.42. The highest BCUT2D eigenvalue weighted by Crippen LogP contribution is 2.20. The minimum atomic E-state index is -0.663. The second-order valence-electron chi connectivity index (χ2n) is 5.00. The molecule has 0 radical (unpaired) electrons. The summed E-state index contributed by atoms with van der Waals surface area (Å²) in [4.78, 5) is 22.0. The van der Waals surface area contributed by atoms with Crippen molar-refractivity contribution < 1.29 is 14.5 Å². The number of ether oxygens (including phenoxy) is 1. The summed E-state index contributed by atoms with van der Waals surface area (Å²) in [5.41, 5.74) is -0.534. The van der Waals surface area contributed by atoms with Crippen LogP contribution < -0.4 is 10.1 Å². The second kappa shape index (κ2) is 6.78. The minimum absolute atomic E-state index is 0.175. The van der Waals surface area contributed by atoms with Crippen LogP contribution in [0.3, 0.4) is 0 Å². The number of amides is 1. The zero-order valence-electron chi connectivity index (χ0n) is 12.6. The van der Waals surface area contributed by atoms with E-state index < -0.39 is 10.8 Å². The van der Waals surface area contributed by atoms with Crippen LogP contribution in [0.1, 0.15) is 10.5 Å². The summed E-state index contributed by atoms with van der Waals surface area (Å²) in [6, 6.07) is 13.6. The van der Waals surface area contributed by atoms with Crippen LogP contribution in [0.4, 0.5) is 5.69 Å². The number of carbonyl (C=O) groups is 1. The van der Waals surface area contributed by atoms with Gasteiger partial charge in [0.25, 0.3) is 5.91 Å². The fourth-order valence-electron chi connectivity index (χ4n) is 2.26. The number of benzene rings is 2. The molecule has 3 rings (SSSR count). The average Bonchev–Trinajstić information content (AvgIpc) is 3.08. The molecule has 24 heavy (non-hydrogen) atoms. The molecule has 8 nitrogen and oxygen atoms in total. The quantitative estimate of drug-likeness (QED) is 0.410. The SMILES string of the molecule is O=C(NCCOc1ccc2ccccc2c1)c1[nH]ncc1[N+](=O)[O-]. The van der Waals surface area contributed by atoms with E-state index in [1.165, 1.54) is 0 Å². The maximum absolute atomic E-state index is 11.9. The van der Waals surface area contributed by atoms with E-state index in [-0.39, 0.29) is 24.5 Å². The third-order valence-corrected chi connectivity index (χ3v) is 3.42. The van der Waals surface area contributed by atoms with Crippen LogP contribution in [0.25, 0.3) is 10.8 Å². The minimum Gasteiger partial charge on any atom is -0.492 e. The summed E-state index contributed by atoms with van der Waals surface area (Å²) < 4.78 is 5.59. The van der Waals surface area contributed by atoms with Crippen LogP contribution in [0, 0.1) is 10.1 Å². The summed E-state index contributed by atoms with van der Waals surface area (Å²) >= 11 is 0. The van der Waals surface area contributed by atoms with E-state index in [1.807, 2.05) is 42.5 Å². The van der Waals surface area contributed by atoms with Gasteiger partial charge in [-0.2, -0.15) is 5.10 Å². The molecule has 8 heteroatoms. The van der Waals surface area contributed by atoms with Gasteiger partial charge in [0.05, 0.1) is 11.5 Å². The van der Waals surface area contributed by atoms with Crippen molar-refractivity contribution in [1.82, 2.24) is 15.5 Å². The van der Waals surface area contributed by atoms with E-state index >= 15 is 0 Å². The fraction of sp³-hybridized carbons (Fsp3) is 0.125. The van der Waals surface area contributed by atoms with Crippen molar-refractivity contribution >= 4 is 22.4 Å². The molecule has 0 fully saturated rings. The molecule has 0 aliphatic rings. The topological polar surface area (TPSA) is 110 Å². The van der Waals surface area contributed by atoms with Gasteiger partial charge < -0.3 is 10.1 Å². The number of rotatable bonds is 6. The van der Waals surface area contributed by atoms with Crippen molar-refractivity contribution in [2.45, 2.75) is 0 Å². The molecule has 0 unspecified atom stereocenters. The summed E-state index contributed by atoms with van der Waals surface area (Å²) in [5.74, 6) is 0.0942. The van der Waals surface area contributed by atoms with Gasteiger partial charge in [-0.3, -0.25) is 20.0 Å². The van der Waals surface area contributed by atoms with Gasteiger partial charge in [0, 0.05) is 0 Å². The van der Waals surface area contributed by atoms with E-state index in [0.29, 0.717) is 5.75 Å². The van der Waals surface area contributed by atoms with Gasteiger partial charge in [0.2, 0.25) is 5.69 Å². The first-order chi connectivity index (χ1) is 11.6. The first-order valence-corrected chi connectivity index (χ1v) is 7.23. The molecule has 1 heterocycles. The zero-order chi connectivity index (χ0) is 16.9. The number of aromatic nitrogens is 2. The Balaban J connectivity index is 1.53. The number of nitrogens with one attached hydrogen (secondary N) is 2. The molecule has 2 N–H and O–H groups in total. The molecule has 0 aliphatic heterocycles. The Labute approximate surface area is 136 Å². The molecular weight excluding hydrogens is 312 g/mol. The van der Waals surface area contributed by atoms with Gasteiger partial charge >= 0.3 is 5.69 Å². The Morgan fingerprint density at radius 3 is 2.83 bits per heavy atom. The normalized spacial score (nSPS) is 10.5.